The fourth-order valence-corrected chi connectivity index (χ4v) is 2.08. The van der Waals surface area contributed by atoms with Crippen LogP contribution in [0.4, 0.5) is 0 Å². The van der Waals surface area contributed by atoms with Gasteiger partial charge in [0.25, 0.3) is 0 Å². The van der Waals surface area contributed by atoms with Crippen LogP contribution in [0.3, 0.4) is 0 Å². The molecule has 1 rings (SSSR count). The van der Waals surface area contributed by atoms with Crippen molar-refractivity contribution in [2.45, 2.75) is 46.1 Å². The number of carbonyl (C=O) groups excluding carboxylic acids is 1. The molecule has 17 heavy (non-hydrogen) atoms. The average Bonchev–Trinajstić information content (AvgIpc) is 2.28. The van der Waals surface area contributed by atoms with Gasteiger partial charge in [-0.05, 0) is 31.7 Å². The summed E-state index contributed by atoms with van der Waals surface area (Å²) in [7, 11) is 1.98. The summed E-state index contributed by atoms with van der Waals surface area (Å²) in [4.78, 5) is 14.1. The molecule has 0 aromatic heterocycles. The van der Waals surface area contributed by atoms with Crippen molar-refractivity contribution < 1.29 is 4.79 Å². The van der Waals surface area contributed by atoms with E-state index in [0.717, 1.165) is 19.5 Å². The second-order valence-corrected chi connectivity index (χ2v) is 5.39. The van der Waals surface area contributed by atoms with Crippen LogP contribution in [0.2, 0.25) is 0 Å². The standard InChI is InChI=1S/C13H26N2O.ClH/c1-10(2)11(3)8-13(16)15-7-5-6-12(9-15)14-4;/h10-12,14H,5-9H2,1-4H3;1H. The van der Waals surface area contributed by atoms with Crippen molar-refractivity contribution >= 4 is 18.3 Å². The number of likely N-dealkylation sites (N-methyl/N-ethyl adjacent to an activating group) is 1. The molecule has 0 aromatic carbocycles. The molecule has 2 atom stereocenters. The molecule has 0 bridgehead atoms. The van der Waals surface area contributed by atoms with Crippen LogP contribution >= 0.6 is 12.4 Å². The number of rotatable bonds is 4. The van der Waals surface area contributed by atoms with Gasteiger partial charge in [-0.2, -0.15) is 0 Å². The lowest BCUT2D eigenvalue weighted by atomic mass is 9.93. The van der Waals surface area contributed by atoms with E-state index in [0.29, 0.717) is 30.2 Å². The van der Waals surface area contributed by atoms with E-state index < -0.39 is 0 Å². The molecule has 102 valence electrons. The van der Waals surface area contributed by atoms with E-state index in [1.54, 1.807) is 0 Å². The lowest BCUT2D eigenvalue weighted by molar-refractivity contribution is -0.133. The molecule has 1 aliphatic rings. The Morgan fingerprint density at radius 2 is 2.06 bits per heavy atom. The Labute approximate surface area is 112 Å². The second kappa shape index (κ2) is 7.93. The SMILES string of the molecule is CNC1CCCN(C(=O)CC(C)C(C)C)C1.Cl. The number of likely N-dealkylation sites (tertiary alicyclic amines) is 1. The number of nitrogens with zero attached hydrogens (tertiary/aromatic N) is 1. The van der Waals surface area contributed by atoms with Gasteiger partial charge in [-0.25, -0.2) is 0 Å². The van der Waals surface area contributed by atoms with Crippen LogP contribution in [0, 0.1) is 11.8 Å². The number of carbonyl (C=O) groups is 1. The van der Waals surface area contributed by atoms with Gasteiger partial charge in [-0.3, -0.25) is 4.79 Å². The minimum atomic E-state index is 0. The smallest absolute Gasteiger partial charge is 0.222 e. The second-order valence-electron chi connectivity index (χ2n) is 5.39. The Balaban J connectivity index is 0.00000256. The summed E-state index contributed by atoms with van der Waals surface area (Å²) in [5, 5.41) is 3.27. The molecule has 0 radical (unpaired) electrons. The number of piperidine rings is 1. The van der Waals surface area contributed by atoms with Crippen LogP contribution < -0.4 is 5.32 Å². The molecule has 1 fully saturated rings. The molecular formula is C13H27ClN2O. The van der Waals surface area contributed by atoms with E-state index >= 15 is 0 Å². The van der Waals surface area contributed by atoms with Gasteiger partial charge in [-0.1, -0.05) is 20.8 Å². The topological polar surface area (TPSA) is 32.3 Å². The minimum Gasteiger partial charge on any atom is -0.341 e. The summed E-state index contributed by atoms with van der Waals surface area (Å²) >= 11 is 0. The van der Waals surface area contributed by atoms with Crippen LogP contribution in [-0.2, 0) is 4.79 Å². The maximum atomic E-state index is 12.1. The molecule has 0 saturated carbocycles. The van der Waals surface area contributed by atoms with E-state index in [1.807, 2.05) is 11.9 Å². The third-order valence-electron chi connectivity index (χ3n) is 3.82. The highest BCUT2D eigenvalue weighted by atomic mass is 35.5. The van der Waals surface area contributed by atoms with Crippen LogP contribution in [0.1, 0.15) is 40.0 Å². The molecule has 0 aliphatic carbocycles. The van der Waals surface area contributed by atoms with E-state index in [4.69, 9.17) is 0 Å². The van der Waals surface area contributed by atoms with Crippen LogP contribution in [0.25, 0.3) is 0 Å². The number of nitrogens with one attached hydrogen (secondary N) is 1. The van der Waals surface area contributed by atoms with Crippen molar-refractivity contribution in [3.8, 4) is 0 Å². The highest BCUT2D eigenvalue weighted by molar-refractivity contribution is 5.85. The highest BCUT2D eigenvalue weighted by Crippen LogP contribution is 2.17. The van der Waals surface area contributed by atoms with E-state index in [2.05, 4.69) is 26.1 Å². The van der Waals surface area contributed by atoms with Crippen molar-refractivity contribution in [2.24, 2.45) is 11.8 Å². The predicted molar refractivity (Wildman–Crippen MR) is 74.5 cm³/mol. The van der Waals surface area contributed by atoms with E-state index in [-0.39, 0.29) is 12.4 Å². The fraction of sp³-hybridized carbons (Fsp3) is 0.923. The van der Waals surface area contributed by atoms with Gasteiger partial charge in [0, 0.05) is 25.6 Å². The Kier molecular flexibility index (Phi) is 7.80. The average molecular weight is 263 g/mol. The lowest BCUT2D eigenvalue weighted by Gasteiger charge is -2.33. The predicted octanol–water partition coefficient (Wildman–Crippen LogP) is 2.30. The van der Waals surface area contributed by atoms with Gasteiger partial charge >= 0.3 is 0 Å². The van der Waals surface area contributed by atoms with Gasteiger partial charge in [0.05, 0.1) is 0 Å². The van der Waals surface area contributed by atoms with Gasteiger partial charge in [0.1, 0.15) is 0 Å². The van der Waals surface area contributed by atoms with Crippen molar-refractivity contribution in [1.29, 1.82) is 0 Å². The third-order valence-corrected chi connectivity index (χ3v) is 3.82. The summed E-state index contributed by atoms with van der Waals surface area (Å²) in [5.74, 6) is 1.41. The first kappa shape index (κ1) is 16.7. The minimum absolute atomic E-state index is 0. The van der Waals surface area contributed by atoms with Crippen LogP contribution in [0.5, 0.6) is 0 Å². The first-order valence-electron chi connectivity index (χ1n) is 6.49. The molecule has 1 saturated heterocycles. The zero-order valence-corrected chi connectivity index (χ0v) is 12.3. The van der Waals surface area contributed by atoms with Crippen LogP contribution in [0.15, 0.2) is 0 Å². The van der Waals surface area contributed by atoms with Gasteiger partial charge in [-0.15, -0.1) is 12.4 Å². The lowest BCUT2D eigenvalue weighted by Crippen LogP contribution is -2.47. The Morgan fingerprint density at radius 1 is 1.41 bits per heavy atom. The molecule has 4 heteroatoms. The normalized spacial score (nSPS) is 22.2. The summed E-state index contributed by atoms with van der Waals surface area (Å²) < 4.78 is 0. The van der Waals surface area contributed by atoms with Crippen LogP contribution in [-0.4, -0.2) is 37.0 Å². The molecule has 1 amide bonds. The third kappa shape index (κ3) is 5.26. The summed E-state index contributed by atoms with van der Waals surface area (Å²) in [6.45, 7) is 8.37. The van der Waals surface area contributed by atoms with Gasteiger partial charge < -0.3 is 10.2 Å². The van der Waals surface area contributed by atoms with E-state index in [9.17, 15) is 4.79 Å². The maximum Gasteiger partial charge on any atom is 0.222 e. The zero-order valence-electron chi connectivity index (χ0n) is 11.5. The summed E-state index contributed by atoms with van der Waals surface area (Å²) in [5.41, 5.74) is 0. The van der Waals surface area contributed by atoms with Gasteiger partial charge in [0.15, 0.2) is 0 Å². The first-order valence-corrected chi connectivity index (χ1v) is 6.49. The molecule has 1 N–H and O–H groups in total. The van der Waals surface area contributed by atoms with Crippen molar-refractivity contribution in [2.75, 3.05) is 20.1 Å². The summed E-state index contributed by atoms with van der Waals surface area (Å²) in [6.07, 6.45) is 3.03. The van der Waals surface area contributed by atoms with Crippen molar-refractivity contribution in [1.82, 2.24) is 10.2 Å². The Hall–Kier alpha value is -0.280. The zero-order chi connectivity index (χ0) is 12.1. The summed E-state index contributed by atoms with van der Waals surface area (Å²) in [6, 6.07) is 0.493. The number of halogens is 1. The quantitative estimate of drug-likeness (QED) is 0.843. The molecule has 2 unspecified atom stereocenters. The highest BCUT2D eigenvalue weighted by Gasteiger charge is 2.24. The molecule has 0 aromatic rings. The van der Waals surface area contributed by atoms with Crippen molar-refractivity contribution in [3.63, 3.8) is 0 Å². The molecule has 1 heterocycles. The van der Waals surface area contributed by atoms with Gasteiger partial charge in [0.2, 0.25) is 5.91 Å². The number of hydrogen-bond acceptors (Lipinski definition) is 2. The van der Waals surface area contributed by atoms with E-state index in [1.165, 1.54) is 6.42 Å². The largest absolute Gasteiger partial charge is 0.341 e. The maximum absolute atomic E-state index is 12.1. The first-order chi connectivity index (χ1) is 7.54. The fourth-order valence-electron chi connectivity index (χ4n) is 2.08. The molecular weight excluding hydrogens is 236 g/mol. The van der Waals surface area contributed by atoms with Crippen molar-refractivity contribution in [3.05, 3.63) is 0 Å². The molecule has 3 nitrogen and oxygen atoms in total. The molecule has 1 aliphatic heterocycles. The Bertz CT molecular complexity index is 233. The molecule has 0 spiro atoms. The number of hydrogen-bond donors (Lipinski definition) is 1. The Morgan fingerprint density at radius 3 is 2.59 bits per heavy atom. The monoisotopic (exact) mass is 262 g/mol. The number of amides is 1.